The highest BCUT2D eigenvalue weighted by molar-refractivity contribution is 7.98. The lowest BCUT2D eigenvalue weighted by Gasteiger charge is -2.12. The second-order valence-corrected chi connectivity index (χ2v) is 10.7. The highest BCUT2D eigenvalue weighted by atomic mass is 32.2. The summed E-state index contributed by atoms with van der Waals surface area (Å²) in [6, 6.07) is 13.7. The van der Waals surface area contributed by atoms with E-state index in [1.165, 1.54) is 11.8 Å². The van der Waals surface area contributed by atoms with E-state index in [1.54, 1.807) is 43.3 Å². The Morgan fingerprint density at radius 2 is 1.84 bits per heavy atom. The summed E-state index contributed by atoms with van der Waals surface area (Å²) in [5.41, 5.74) is 1.07. The maximum absolute atomic E-state index is 12.8. The molecule has 0 saturated heterocycles. The van der Waals surface area contributed by atoms with Crippen LogP contribution in [0.15, 0.2) is 62.8 Å². The Balaban J connectivity index is 1.45. The fourth-order valence-corrected chi connectivity index (χ4v) is 6.39. The van der Waals surface area contributed by atoms with Crippen molar-refractivity contribution in [2.75, 3.05) is 5.32 Å². The number of hydrogen-bond donors (Lipinski definition) is 1. The van der Waals surface area contributed by atoms with Crippen LogP contribution in [-0.2, 0) is 15.6 Å². The highest BCUT2D eigenvalue weighted by Gasteiger charge is 2.30. The molecule has 0 atom stereocenters. The Bertz CT molecular complexity index is 1170. The molecular formula is C22H23N3O4S2. The second-order valence-electron chi connectivity index (χ2n) is 7.44. The third-order valence-electron chi connectivity index (χ3n) is 5.24. The standard InChI is InChI=1S/C22H23N3O4S2/c1-15-23-21(25-29-15)14-30-20-9-5-4-8-19(20)22(26)24-16-10-12-18(13-11-16)31(27,28)17-6-2-3-7-17/h4-5,8-13,17H,2-3,6-7,14H2,1H3,(H,24,26). The Kier molecular flexibility index (Phi) is 6.43. The summed E-state index contributed by atoms with van der Waals surface area (Å²) in [5.74, 6) is 1.28. The van der Waals surface area contributed by atoms with E-state index in [2.05, 4.69) is 15.5 Å². The first-order valence-electron chi connectivity index (χ1n) is 10.1. The normalized spacial score (nSPS) is 14.6. The Labute approximate surface area is 185 Å². The zero-order valence-electron chi connectivity index (χ0n) is 17.1. The van der Waals surface area contributed by atoms with Crippen LogP contribution in [0.3, 0.4) is 0 Å². The number of aryl methyl sites for hydroxylation is 1. The Morgan fingerprint density at radius 3 is 2.52 bits per heavy atom. The van der Waals surface area contributed by atoms with Gasteiger partial charge in [0.2, 0.25) is 5.89 Å². The summed E-state index contributed by atoms with van der Waals surface area (Å²) in [6.45, 7) is 1.73. The van der Waals surface area contributed by atoms with Gasteiger partial charge in [0.1, 0.15) is 0 Å². The van der Waals surface area contributed by atoms with E-state index in [9.17, 15) is 13.2 Å². The van der Waals surface area contributed by atoms with E-state index >= 15 is 0 Å². The number of sulfone groups is 1. The number of amides is 1. The summed E-state index contributed by atoms with van der Waals surface area (Å²) in [6.07, 6.45) is 3.36. The van der Waals surface area contributed by atoms with Crippen molar-refractivity contribution in [3.63, 3.8) is 0 Å². The molecule has 162 valence electrons. The van der Waals surface area contributed by atoms with Gasteiger partial charge >= 0.3 is 0 Å². The van der Waals surface area contributed by atoms with E-state index < -0.39 is 9.84 Å². The first-order valence-corrected chi connectivity index (χ1v) is 12.6. The van der Waals surface area contributed by atoms with E-state index in [0.29, 0.717) is 33.6 Å². The van der Waals surface area contributed by atoms with Crippen LogP contribution >= 0.6 is 11.8 Å². The third-order valence-corrected chi connectivity index (χ3v) is 8.59. The van der Waals surface area contributed by atoms with Gasteiger partial charge in [0.15, 0.2) is 15.7 Å². The molecule has 0 unspecified atom stereocenters. The molecule has 1 heterocycles. The minimum Gasteiger partial charge on any atom is -0.340 e. The van der Waals surface area contributed by atoms with E-state index in [0.717, 1.165) is 30.6 Å². The number of carbonyl (C=O) groups is 1. The predicted octanol–water partition coefficient (Wildman–Crippen LogP) is 4.64. The maximum atomic E-state index is 12.8. The van der Waals surface area contributed by atoms with Crippen molar-refractivity contribution in [2.24, 2.45) is 0 Å². The maximum Gasteiger partial charge on any atom is 0.256 e. The van der Waals surface area contributed by atoms with Crippen molar-refractivity contribution in [1.29, 1.82) is 0 Å². The van der Waals surface area contributed by atoms with Gasteiger partial charge in [-0.3, -0.25) is 4.79 Å². The number of carbonyl (C=O) groups excluding carboxylic acids is 1. The summed E-state index contributed by atoms with van der Waals surface area (Å²) in [5, 5.41) is 6.43. The molecule has 9 heteroatoms. The summed E-state index contributed by atoms with van der Waals surface area (Å²) >= 11 is 1.45. The van der Waals surface area contributed by atoms with E-state index in [4.69, 9.17) is 4.52 Å². The van der Waals surface area contributed by atoms with Gasteiger partial charge in [0, 0.05) is 17.5 Å². The lowest BCUT2D eigenvalue weighted by molar-refractivity contribution is 0.102. The molecule has 1 fully saturated rings. The predicted molar refractivity (Wildman–Crippen MR) is 119 cm³/mol. The number of nitrogens with one attached hydrogen (secondary N) is 1. The van der Waals surface area contributed by atoms with Crippen LogP contribution in [0.2, 0.25) is 0 Å². The number of rotatable bonds is 7. The molecule has 0 aliphatic heterocycles. The molecular weight excluding hydrogens is 434 g/mol. The fourth-order valence-electron chi connectivity index (χ4n) is 3.64. The summed E-state index contributed by atoms with van der Waals surface area (Å²) in [7, 11) is -3.31. The van der Waals surface area contributed by atoms with Gasteiger partial charge in [-0.1, -0.05) is 30.1 Å². The lowest BCUT2D eigenvalue weighted by atomic mass is 10.2. The third kappa shape index (κ3) is 4.99. The Hall–Kier alpha value is -2.65. The zero-order chi connectivity index (χ0) is 21.8. The zero-order valence-corrected chi connectivity index (χ0v) is 18.7. The molecule has 3 aromatic rings. The molecule has 1 aliphatic carbocycles. The smallest absolute Gasteiger partial charge is 0.256 e. The fraction of sp³-hybridized carbons (Fsp3) is 0.318. The van der Waals surface area contributed by atoms with Crippen LogP contribution in [0.25, 0.3) is 0 Å². The average molecular weight is 458 g/mol. The number of hydrogen-bond acceptors (Lipinski definition) is 7. The van der Waals surface area contributed by atoms with Crippen LogP contribution < -0.4 is 5.32 Å². The topological polar surface area (TPSA) is 102 Å². The van der Waals surface area contributed by atoms with Gasteiger partial charge in [0.25, 0.3) is 5.91 Å². The summed E-state index contributed by atoms with van der Waals surface area (Å²) in [4.78, 5) is 18.1. The molecule has 1 amide bonds. The van der Waals surface area contributed by atoms with Crippen molar-refractivity contribution in [3.05, 3.63) is 65.8 Å². The second kappa shape index (κ2) is 9.23. The minimum absolute atomic E-state index is 0.265. The molecule has 31 heavy (non-hydrogen) atoms. The van der Waals surface area contributed by atoms with Crippen molar-refractivity contribution < 1.29 is 17.7 Å². The largest absolute Gasteiger partial charge is 0.340 e. The van der Waals surface area contributed by atoms with Gasteiger partial charge in [-0.15, -0.1) is 11.8 Å². The van der Waals surface area contributed by atoms with E-state index in [1.807, 2.05) is 12.1 Å². The molecule has 1 aliphatic rings. The lowest BCUT2D eigenvalue weighted by Crippen LogP contribution is -2.18. The molecule has 1 aromatic heterocycles. The van der Waals surface area contributed by atoms with Gasteiger partial charge in [-0.25, -0.2) is 8.42 Å². The van der Waals surface area contributed by atoms with Crippen LogP contribution in [0, 0.1) is 6.92 Å². The van der Waals surface area contributed by atoms with Gasteiger partial charge < -0.3 is 9.84 Å². The first kappa shape index (κ1) is 21.6. The molecule has 0 bridgehead atoms. The van der Waals surface area contributed by atoms with Gasteiger partial charge in [-0.2, -0.15) is 4.98 Å². The van der Waals surface area contributed by atoms with Crippen molar-refractivity contribution in [1.82, 2.24) is 10.1 Å². The van der Waals surface area contributed by atoms with Gasteiger partial charge in [-0.05, 0) is 49.2 Å². The van der Waals surface area contributed by atoms with E-state index in [-0.39, 0.29) is 11.2 Å². The summed E-state index contributed by atoms with van der Waals surface area (Å²) < 4.78 is 30.4. The number of anilines is 1. The Morgan fingerprint density at radius 1 is 1.13 bits per heavy atom. The molecule has 0 spiro atoms. The highest BCUT2D eigenvalue weighted by Crippen LogP contribution is 2.30. The quantitative estimate of drug-likeness (QED) is 0.516. The molecule has 1 N–H and O–H groups in total. The molecule has 0 radical (unpaired) electrons. The average Bonchev–Trinajstić information content (AvgIpc) is 3.45. The number of benzene rings is 2. The molecule has 1 saturated carbocycles. The van der Waals surface area contributed by atoms with Crippen molar-refractivity contribution in [2.45, 2.75) is 53.4 Å². The van der Waals surface area contributed by atoms with Crippen molar-refractivity contribution in [3.8, 4) is 0 Å². The van der Waals surface area contributed by atoms with Crippen LogP contribution in [-0.4, -0.2) is 29.7 Å². The monoisotopic (exact) mass is 457 g/mol. The SMILES string of the molecule is Cc1nc(CSc2ccccc2C(=O)Nc2ccc(S(=O)(=O)C3CCCC3)cc2)no1. The molecule has 2 aromatic carbocycles. The number of nitrogens with zero attached hydrogens (tertiary/aromatic N) is 2. The molecule has 4 rings (SSSR count). The number of thioether (sulfide) groups is 1. The molecule has 7 nitrogen and oxygen atoms in total. The number of aromatic nitrogens is 2. The van der Waals surface area contributed by atoms with Gasteiger partial charge in [0.05, 0.1) is 21.5 Å². The van der Waals surface area contributed by atoms with Crippen LogP contribution in [0.4, 0.5) is 5.69 Å². The van der Waals surface area contributed by atoms with Crippen LogP contribution in [0.1, 0.15) is 47.8 Å². The van der Waals surface area contributed by atoms with Crippen LogP contribution in [0.5, 0.6) is 0 Å². The first-order chi connectivity index (χ1) is 14.9. The minimum atomic E-state index is -3.31. The van der Waals surface area contributed by atoms with Crippen molar-refractivity contribution >= 4 is 33.2 Å².